The Morgan fingerprint density at radius 1 is 1.45 bits per heavy atom. The molecule has 1 aromatic heterocycles. The maximum absolute atomic E-state index is 12.6. The van der Waals surface area contributed by atoms with Gasteiger partial charge in [-0.25, -0.2) is 9.48 Å². The summed E-state index contributed by atoms with van der Waals surface area (Å²) < 4.78 is 7.02. The van der Waals surface area contributed by atoms with Gasteiger partial charge in [0.05, 0.1) is 6.10 Å². The number of aromatic nitrogens is 3. The van der Waals surface area contributed by atoms with Crippen molar-refractivity contribution in [3.8, 4) is 0 Å². The van der Waals surface area contributed by atoms with Gasteiger partial charge in [0, 0.05) is 33.3 Å². The quantitative estimate of drug-likeness (QED) is 0.878. The zero-order chi connectivity index (χ0) is 15.5. The van der Waals surface area contributed by atoms with Gasteiger partial charge < -0.3 is 14.5 Å². The van der Waals surface area contributed by atoms with E-state index in [4.69, 9.17) is 4.74 Å². The molecule has 0 unspecified atom stereocenters. The van der Waals surface area contributed by atoms with Crippen molar-refractivity contribution < 1.29 is 9.53 Å². The number of carbonyl (C=O) groups excluding carboxylic acids is 1. The van der Waals surface area contributed by atoms with Crippen LogP contribution < -0.4 is 5.32 Å². The van der Waals surface area contributed by atoms with E-state index in [0.717, 1.165) is 26.1 Å². The Balaban J connectivity index is 1.65. The summed E-state index contributed by atoms with van der Waals surface area (Å²) in [6.45, 7) is 3.81. The van der Waals surface area contributed by atoms with Crippen molar-refractivity contribution in [2.45, 2.75) is 31.4 Å². The summed E-state index contributed by atoms with van der Waals surface area (Å²) in [5.74, 6) is 0.464. The minimum Gasteiger partial charge on any atom is -0.380 e. The van der Waals surface area contributed by atoms with Crippen LogP contribution in [0.3, 0.4) is 0 Å². The fraction of sp³-hybridized carbons (Fsp3) is 0.786. The Hall–Kier alpha value is -1.67. The van der Waals surface area contributed by atoms with Crippen LogP contribution in [0.4, 0.5) is 10.7 Å². The standard InChI is InChI=1S/C14H24N6O2/c1-18-13(15-10-16-18)17-14(21)20-9-12(22-2)7-11(20)8-19-5-3-4-6-19/h10-12H,3-9H2,1-2H3,(H,15,16,17,21)/t11-,12-/m0/s1. The Labute approximate surface area is 130 Å². The molecule has 2 saturated heterocycles. The van der Waals surface area contributed by atoms with Crippen molar-refractivity contribution in [3.05, 3.63) is 6.33 Å². The van der Waals surface area contributed by atoms with E-state index in [2.05, 4.69) is 20.3 Å². The van der Waals surface area contributed by atoms with Crippen LogP contribution in [0.5, 0.6) is 0 Å². The maximum Gasteiger partial charge on any atom is 0.324 e. The molecule has 0 radical (unpaired) electrons. The van der Waals surface area contributed by atoms with Crippen molar-refractivity contribution in [2.75, 3.05) is 38.6 Å². The minimum absolute atomic E-state index is 0.109. The molecule has 2 fully saturated rings. The highest BCUT2D eigenvalue weighted by Crippen LogP contribution is 2.23. The molecule has 0 aromatic carbocycles. The summed E-state index contributed by atoms with van der Waals surface area (Å²) in [5.41, 5.74) is 0. The summed E-state index contributed by atoms with van der Waals surface area (Å²) in [6, 6.07) is 0.0659. The molecule has 1 N–H and O–H groups in total. The maximum atomic E-state index is 12.6. The first-order valence-electron chi connectivity index (χ1n) is 7.84. The van der Waals surface area contributed by atoms with E-state index in [1.54, 1.807) is 18.8 Å². The topological polar surface area (TPSA) is 75.5 Å². The highest BCUT2D eigenvalue weighted by Gasteiger charge is 2.37. The summed E-state index contributed by atoms with van der Waals surface area (Å²) in [6.07, 6.45) is 4.94. The Morgan fingerprint density at radius 2 is 2.23 bits per heavy atom. The number of nitrogens with zero attached hydrogens (tertiary/aromatic N) is 5. The molecule has 2 aliphatic rings. The van der Waals surface area contributed by atoms with E-state index >= 15 is 0 Å². The number of methoxy groups -OCH3 is 1. The number of ether oxygens (including phenoxy) is 1. The molecular weight excluding hydrogens is 284 g/mol. The van der Waals surface area contributed by atoms with Crippen LogP contribution >= 0.6 is 0 Å². The largest absolute Gasteiger partial charge is 0.380 e. The molecule has 22 heavy (non-hydrogen) atoms. The van der Waals surface area contributed by atoms with Gasteiger partial charge in [-0.1, -0.05) is 0 Å². The lowest BCUT2D eigenvalue weighted by atomic mass is 10.2. The summed E-state index contributed by atoms with van der Waals surface area (Å²) >= 11 is 0. The average molecular weight is 308 g/mol. The second-order valence-electron chi connectivity index (χ2n) is 6.04. The third-order valence-corrected chi connectivity index (χ3v) is 4.57. The molecule has 1 aromatic rings. The molecule has 3 heterocycles. The first kappa shape index (κ1) is 15.2. The Kier molecular flexibility index (Phi) is 4.58. The summed E-state index contributed by atoms with van der Waals surface area (Å²) in [7, 11) is 3.47. The number of amides is 2. The molecule has 0 saturated carbocycles. The van der Waals surface area contributed by atoms with Crippen molar-refractivity contribution in [3.63, 3.8) is 0 Å². The van der Waals surface area contributed by atoms with Gasteiger partial charge in [-0.05, 0) is 32.4 Å². The molecule has 0 spiro atoms. The zero-order valence-corrected chi connectivity index (χ0v) is 13.2. The van der Waals surface area contributed by atoms with Crippen LogP contribution in [-0.4, -0.2) is 76.0 Å². The Bertz CT molecular complexity index is 513. The molecule has 8 nitrogen and oxygen atoms in total. The fourth-order valence-electron chi connectivity index (χ4n) is 3.31. The third-order valence-electron chi connectivity index (χ3n) is 4.57. The number of nitrogens with one attached hydrogen (secondary N) is 1. The van der Waals surface area contributed by atoms with Crippen LogP contribution in [0.15, 0.2) is 6.33 Å². The smallest absolute Gasteiger partial charge is 0.324 e. The lowest BCUT2D eigenvalue weighted by Crippen LogP contribution is -2.44. The average Bonchev–Trinajstić information content (AvgIpc) is 3.22. The normalized spacial score (nSPS) is 25.8. The van der Waals surface area contributed by atoms with Crippen LogP contribution in [0.2, 0.25) is 0 Å². The van der Waals surface area contributed by atoms with Crippen molar-refractivity contribution >= 4 is 12.0 Å². The van der Waals surface area contributed by atoms with E-state index in [-0.39, 0.29) is 18.2 Å². The van der Waals surface area contributed by atoms with Gasteiger partial charge >= 0.3 is 6.03 Å². The van der Waals surface area contributed by atoms with Crippen LogP contribution in [0, 0.1) is 0 Å². The molecule has 2 amide bonds. The van der Waals surface area contributed by atoms with Gasteiger partial charge in [0.2, 0.25) is 5.95 Å². The molecule has 3 rings (SSSR count). The number of carbonyl (C=O) groups is 1. The van der Waals surface area contributed by atoms with E-state index < -0.39 is 0 Å². The van der Waals surface area contributed by atoms with Crippen LogP contribution in [0.25, 0.3) is 0 Å². The minimum atomic E-state index is -0.125. The second kappa shape index (κ2) is 6.62. The van der Waals surface area contributed by atoms with Crippen molar-refractivity contribution in [2.24, 2.45) is 7.05 Å². The summed E-state index contributed by atoms with van der Waals surface area (Å²) in [5, 5.41) is 6.80. The van der Waals surface area contributed by atoms with E-state index in [9.17, 15) is 4.79 Å². The van der Waals surface area contributed by atoms with Crippen molar-refractivity contribution in [1.29, 1.82) is 0 Å². The van der Waals surface area contributed by atoms with Gasteiger partial charge in [-0.3, -0.25) is 5.32 Å². The predicted molar refractivity (Wildman–Crippen MR) is 81.6 cm³/mol. The number of urea groups is 1. The van der Waals surface area contributed by atoms with Gasteiger partial charge in [0.1, 0.15) is 6.33 Å². The molecule has 2 atom stereocenters. The molecule has 122 valence electrons. The SMILES string of the molecule is CO[C@H]1C[C@@H](CN2CCCC2)N(C(=O)Nc2ncnn2C)C1. The van der Waals surface area contributed by atoms with Gasteiger partial charge in [-0.2, -0.15) is 10.1 Å². The molecule has 0 aliphatic carbocycles. The van der Waals surface area contributed by atoms with E-state index in [0.29, 0.717) is 12.5 Å². The zero-order valence-electron chi connectivity index (χ0n) is 13.2. The van der Waals surface area contributed by atoms with Crippen LogP contribution in [0.1, 0.15) is 19.3 Å². The molecule has 2 aliphatic heterocycles. The second-order valence-corrected chi connectivity index (χ2v) is 6.04. The lowest BCUT2D eigenvalue weighted by Gasteiger charge is -2.28. The van der Waals surface area contributed by atoms with E-state index in [1.165, 1.54) is 19.2 Å². The van der Waals surface area contributed by atoms with Gasteiger partial charge in [0.15, 0.2) is 0 Å². The lowest BCUT2D eigenvalue weighted by molar-refractivity contribution is 0.111. The third kappa shape index (κ3) is 3.22. The first-order chi connectivity index (χ1) is 10.7. The molecule has 0 bridgehead atoms. The monoisotopic (exact) mass is 308 g/mol. The first-order valence-corrected chi connectivity index (χ1v) is 7.84. The highest BCUT2D eigenvalue weighted by atomic mass is 16.5. The van der Waals surface area contributed by atoms with E-state index in [1.807, 2.05) is 4.90 Å². The number of rotatable bonds is 4. The van der Waals surface area contributed by atoms with Crippen molar-refractivity contribution in [1.82, 2.24) is 24.6 Å². The number of likely N-dealkylation sites (tertiary alicyclic amines) is 2. The van der Waals surface area contributed by atoms with Crippen LogP contribution in [-0.2, 0) is 11.8 Å². The summed E-state index contributed by atoms with van der Waals surface area (Å²) in [4.78, 5) is 20.9. The molecular formula is C14H24N6O2. The fourth-order valence-corrected chi connectivity index (χ4v) is 3.31. The number of hydrogen-bond acceptors (Lipinski definition) is 5. The van der Waals surface area contributed by atoms with Gasteiger partial charge in [0.25, 0.3) is 0 Å². The highest BCUT2D eigenvalue weighted by molar-refractivity contribution is 5.88. The predicted octanol–water partition coefficient (Wildman–Crippen LogP) is 0.532. The van der Waals surface area contributed by atoms with Gasteiger partial charge in [-0.15, -0.1) is 0 Å². The number of anilines is 1. The Morgan fingerprint density at radius 3 is 2.86 bits per heavy atom. The number of hydrogen-bond donors (Lipinski definition) is 1. The number of aryl methyl sites for hydroxylation is 1. The molecule has 8 heteroatoms.